The largest absolute Gasteiger partial charge is 0.478 e. The van der Waals surface area contributed by atoms with Crippen molar-refractivity contribution in [3.05, 3.63) is 12.4 Å². The molecule has 0 saturated carbocycles. The maximum Gasteiger partial charge on any atom is 0.257 e. The smallest absolute Gasteiger partial charge is 0.257 e. The molecule has 2 saturated heterocycles. The van der Waals surface area contributed by atoms with Crippen LogP contribution in [0.2, 0.25) is 0 Å². The number of anilines is 1. The summed E-state index contributed by atoms with van der Waals surface area (Å²) < 4.78 is 5.26. The van der Waals surface area contributed by atoms with E-state index in [-0.39, 0.29) is 23.8 Å². The zero-order chi connectivity index (χ0) is 17.8. The van der Waals surface area contributed by atoms with Crippen molar-refractivity contribution in [2.75, 3.05) is 38.2 Å². The molecule has 2 fully saturated rings. The third-order valence-electron chi connectivity index (χ3n) is 4.99. The van der Waals surface area contributed by atoms with Gasteiger partial charge in [0.05, 0.1) is 7.11 Å². The van der Waals surface area contributed by atoms with Crippen LogP contribution in [-0.2, 0) is 9.59 Å². The van der Waals surface area contributed by atoms with Gasteiger partial charge < -0.3 is 19.9 Å². The maximum atomic E-state index is 12.5. The van der Waals surface area contributed by atoms with Crippen molar-refractivity contribution in [2.45, 2.75) is 32.2 Å². The van der Waals surface area contributed by atoms with Gasteiger partial charge in [0.1, 0.15) is 0 Å². The molecule has 1 aromatic rings. The lowest BCUT2D eigenvalue weighted by Gasteiger charge is -2.31. The summed E-state index contributed by atoms with van der Waals surface area (Å²) in [4.78, 5) is 36.3. The zero-order valence-corrected chi connectivity index (χ0v) is 14.8. The van der Waals surface area contributed by atoms with E-state index < -0.39 is 0 Å². The molecule has 3 rings (SSSR count). The van der Waals surface area contributed by atoms with Crippen molar-refractivity contribution in [3.63, 3.8) is 0 Å². The first-order valence-electron chi connectivity index (χ1n) is 8.74. The van der Waals surface area contributed by atoms with Crippen molar-refractivity contribution >= 4 is 17.6 Å². The Hall–Kier alpha value is -2.38. The minimum absolute atomic E-state index is 0.00398. The summed E-state index contributed by atoms with van der Waals surface area (Å²) in [6.45, 7) is 4.42. The fraction of sp³-hybridized carbons (Fsp3) is 0.647. The number of carbonyl (C=O) groups excluding carboxylic acids is 2. The molecule has 1 N–H and O–H groups in total. The summed E-state index contributed by atoms with van der Waals surface area (Å²) in [7, 11) is 1.58. The van der Waals surface area contributed by atoms with E-state index >= 15 is 0 Å². The second-order valence-corrected chi connectivity index (χ2v) is 6.61. The molecule has 2 amide bonds. The normalized spacial score (nSPS) is 21.3. The summed E-state index contributed by atoms with van der Waals surface area (Å²) in [5.74, 6) is 1.41. The number of carbonyl (C=O) groups is 2. The Kier molecular flexibility index (Phi) is 5.35. The zero-order valence-electron chi connectivity index (χ0n) is 14.8. The Bertz CT molecular complexity index is 630. The molecule has 0 spiro atoms. The highest BCUT2D eigenvalue weighted by Gasteiger charge is 2.31. The van der Waals surface area contributed by atoms with E-state index in [1.54, 1.807) is 31.3 Å². The quantitative estimate of drug-likeness (QED) is 0.850. The number of ether oxygens (including phenoxy) is 1. The third kappa shape index (κ3) is 4.00. The van der Waals surface area contributed by atoms with Crippen molar-refractivity contribution in [1.82, 2.24) is 20.2 Å². The van der Waals surface area contributed by atoms with Crippen LogP contribution in [-0.4, -0.2) is 66.0 Å². The number of aromatic nitrogens is 2. The van der Waals surface area contributed by atoms with Gasteiger partial charge in [-0.3, -0.25) is 9.59 Å². The molecule has 1 aromatic heterocycles. The van der Waals surface area contributed by atoms with Crippen LogP contribution in [0.5, 0.6) is 5.88 Å². The van der Waals surface area contributed by atoms with Gasteiger partial charge in [-0.25, -0.2) is 9.97 Å². The van der Waals surface area contributed by atoms with Crippen LogP contribution in [0.25, 0.3) is 0 Å². The van der Waals surface area contributed by atoms with E-state index in [0.717, 1.165) is 31.6 Å². The van der Waals surface area contributed by atoms with Gasteiger partial charge in [-0.2, -0.15) is 0 Å². The molecule has 3 heterocycles. The molecule has 2 aliphatic heterocycles. The molecule has 8 nitrogen and oxygen atoms in total. The average molecular weight is 347 g/mol. The lowest BCUT2D eigenvalue weighted by atomic mass is 9.95. The topological polar surface area (TPSA) is 87.7 Å². The molecular weight excluding hydrogens is 322 g/mol. The first-order chi connectivity index (χ1) is 12.1. The van der Waals surface area contributed by atoms with Crippen LogP contribution >= 0.6 is 0 Å². The molecule has 0 aliphatic carbocycles. The van der Waals surface area contributed by atoms with E-state index in [4.69, 9.17) is 4.74 Å². The summed E-state index contributed by atoms with van der Waals surface area (Å²) in [6.07, 6.45) is 5.59. The number of amides is 2. The van der Waals surface area contributed by atoms with Gasteiger partial charge in [0.15, 0.2) is 5.82 Å². The summed E-state index contributed by atoms with van der Waals surface area (Å²) in [6, 6.07) is 0.102. The molecule has 2 aliphatic rings. The van der Waals surface area contributed by atoms with Gasteiger partial charge in [-0.1, -0.05) is 0 Å². The number of hydrogen-bond acceptors (Lipinski definition) is 6. The SMILES string of the molecule is COc1nccnc1N1CC[C@@H](NC(=O)C2CCN(C(C)=O)CC2)C1. The molecule has 25 heavy (non-hydrogen) atoms. The standard InChI is InChI=1S/C17H25N5O3/c1-12(23)21-8-3-13(4-9-21)16(24)20-14-5-10-22(11-14)15-17(25-2)19-7-6-18-15/h6-7,13-14H,3-5,8-11H2,1-2H3,(H,20,24)/t14-/m1/s1. The number of methoxy groups -OCH3 is 1. The Morgan fingerprint density at radius 1 is 1.16 bits per heavy atom. The summed E-state index contributed by atoms with van der Waals surface area (Å²) in [5, 5.41) is 3.16. The van der Waals surface area contributed by atoms with Gasteiger partial charge in [0.25, 0.3) is 5.88 Å². The van der Waals surface area contributed by atoms with Crippen molar-refractivity contribution in [1.29, 1.82) is 0 Å². The van der Waals surface area contributed by atoms with E-state index in [9.17, 15) is 9.59 Å². The summed E-state index contributed by atoms with van der Waals surface area (Å²) in [5.41, 5.74) is 0. The van der Waals surface area contributed by atoms with E-state index in [2.05, 4.69) is 20.2 Å². The first kappa shape index (κ1) is 17.4. The first-order valence-corrected chi connectivity index (χ1v) is 8.74. The van der Waals surface area contributed by atoms with E-state index in [1.807, 2.05) is 0 Å². The monoisotopic (exact) mass is 347 g/mol. The van der Waals surface area contributed by atoms with Crippen LogP contribution < -0.4 is 15.0 Å². The fourth-order valence-corrected chi connectivity index (χ4v) is 3.52. The van der Waals surface area contributed by atoms with Crippen molar-refractivity contribution in [3.8, 4) is 5.88 Å². The minimum Gasteiger partial charge on any atom is -0.478 e. The van der Waals surface area contributed by atoms with Gasteiger partial charge in [-0.05, 0) is 19.3 Å². The number of likely N-dealkylation sites (tertiary alicyclic amines) is 1. The second-order valence-electron chi connectivity index (χ2n) is 6.61. The molecule has 0 aromatic carbocycles. The fourth-order valence-electron chi connectivity index (χ4n) is 3.52. The molecular formula is C17H25N5O3. The van der Waals surface area contributed by atoms with Gasteiger partial charge >= 0.3 is 0 Å². The Morgan fingerprint density at radius 2 is 1.88 bits per heavy atom. The van der Waals surface area contributed by atoms with Crippen LogP contribution in [0.4, 0.5) is 5.82 Å². The van der Waals surface area contributed by atoms with Gasteiger partial charge in [-0.15, -0.1) is 0 Å². The molecule has 1 atom stereocenters. The van der Waals surface area contributed by atoms with Crippen LogP contribution in [0.3, 0.4) is 0 Å². The van der Waals surface area contributed by atoms with Crippen LogP contribution in [0.1, 0.15) is 26.2 Å². The Labute approximate surface area is 147 Å². The lowest BCUT2D eigenvalue weighted by molar-refractivity contribution is -0.134. The van der Waals surface area contributed by atoms with Crippen LogP contribution in [0.15, 0.2) is 12.4 Å². The van der Waals surface area contributed by atoms with E-state index in [1.165, 1.54) is 0 Å². The number of piperidine rings is 1. The Balaban J connectivity index is 1.51. The number of hydrogen-bond donors (Lipinski definition) is 1. The van der Waals surface area contributed by atoms with Crippen LogP contribution in [0, 0.1) is 5.92 Å². The molecule has 136 valence electrons. The van der Waals surface area contributed by atoms with Crippen molar-refractivity contribution < 1.29 is 14.3 Å². The molecule has 0 unspecified atom stereocenters. The molecule has 8 heteroatoms. The predicted octanol–water partition coefficient (Wildman–Crippen LogP) is 0.439. The predicted molar refractivity (Wildman–Crippen MR) is 92.3 cm³/mol. The second kappa shape index (κ2) is 7.67. The maximum absolute atomic E-state index is 12.5. The van der Waals surface area contributed by atoms with Gasteiger partial charge in [0.2, 0.25) is 11.8 Å². The van der Waals surface area contributed by atoms with E-state index in [0.29, 0.717) is 25.5 Å². The Morgan fingerprint density at radius 3 is 2.56 bits per heavy atom. The minimum atomic E-state index is -0.00398. The summed E-state index contributed by atoms with van der Waals surface area (Å²) >= 11 is 0. The number of nitrogens with zero attached hydrogens (tertiary/aromatic N) is 4. The lowest BCUT2D eigenvalue weighted by Crippen LogP contribution is -2.45. The average Bonchev–Trinajstić information content (AvgIpc) is 3.10. The number of nitrogens with one attached hydrogen (secondary N) is 1. The third-order valence-corrected chi connectivity index (χ3v) is 4.99. The highest BCUT2D eigenvalue weighted by atomic mass is 16.5. The number of rotatable bonds is 4. The molecule has 0 radical (unpaired) electrons. The molecule has 0 bridgehead atoms. The highest BCUT2D eigenvalue weighted by Crippen LogP contribution is 2.26. The highest BCUT2D eigenvalue weighted by molar-refractivity contribution is 5.80. The van der Waals surface area contributed by atoms with Gasteiger partial charge in [0, 0.05) is 57.5 Å². The van der Waals surface area contributed by atoms with Crippen molar-refractivity contribution in [2.24, 2.45) is 5.92 Å².